The fourth-order valence-electron chi connectivity index (χ4n) is 4.46. The summed E-state index contributed by atoms with van der Waals surface area (Å²) in [4.78, 5) is 20.0. The molecular formula is C26H30FN3O. The highest BCUT2D eigenvalue weighted by atomic mass is 19.1. The van der Waals surface area contributed by atoms with Crippen LogP contribution in [0.25, 0.3) is 0 Å². The van der Waals surface area contributed by atoms with Crippen molar-refractivity contribution in [3.05, 3.63) is 88.8 Å². The zero-order valence-electron chi connectivity index (χ0n) is 18.4. The molecule has 4 nitrogen and oxygen atoms in total. The number of carbonyl (C=O) groups is 1. The van der Waals surface area contributed by atoms with E-state index < -0.39 is 0 Å². The summed E-state index contributed by atoms with van der Waals surface area (Å²) in [6.45, 7) is 5.41. The summed E-state index contributed by atoms with van der Waals surface area (Å²) in [7, 11) is 0. The van der Waals surface area contributed by atoms with E-state index >= 15 is 0 Å². The van der Waals surface area contributed by atoms with Crippen molar-refractivity contribution >= 4 is 5.91 Å². The van der Waals surface area contributed by atoms with E-state index in [0.717, 1.165) is 38.1 Å². The number of halogens is 1. The number of amides is 1. The van der Waals surface area contributed by atoms with Gasteiger partial charge in [0.1, 0.15) is 11.6 Å². The van der Waals surface area contributed by atoms with Crippen LogP contribution < -0.4 is 0 Å². The molecule has 0 N–H and O–H groups in total. The molecule has 162 valence electrons. The molecule has 31 heavy (non-hydrogen) atoms. The number of hydrogen-bond donors (Lipinski definition) is 0. The van der Waals surface area contributed by atoms with Crippen LogP contribution in [0.4, 0.5) is 4.39 Å². The third-order valence-electron chi connectivity index (χ3n) is 6.33. The normalized spacial score (nSPS) is 14.5. The van der Waals surface area contributed by atoms with Gasteiger partial charge in [-0.15, -0.1) is 0 Å². The molecule has 0 unspecified atom stereocenters. The van der Waals surface area contributed by atoms with E-state index in [1.807, 2.05) is 17.3 Å². The van der Waals surface area contributed by atoms with E-state index in [2.05, 4.69) is 41.6 Å². The van der Waals surface area contributed by atoms with Gasteiger partial charge in [0.25, 0.3) is 5.91 Å². The average molecular weight is 420 g/mol. The number of hydrogen-bond acceptors (Lipinski definition) is 2. The van der Waals surface area contributed by atoms with Crippen molar-refractivity contribution in [2.24, 2.45) is 0 Å². The molecule has 5 heteroatoms. The minimum atomic E-state index is -0.329. The molecule has 3 aromatic rings. The molecule has 0 saturated heterocycles. The minimum Gasteiger partial charge on any atom is -0.329 e. The maximum atomic E-state index is 13.4. The second-order valence-electron chi connectivity index (χ2n) is 8.63. The largest absolute Gasteiger partial charge is 0.329 e. The molecule has 2 aromatic carbocycles. The lowest BCUT2D eigenvalue weighted by molar-refractivity contribution is 0.0605. The first-order valence-electron chi connectivity index (χ1n) is 11.1. The number of aryl methyl sites for hydroxylation is 2. The minimum absolute atomic E-state index is 0.0480. The van der Waals surface area contributed by atoms with Crippen LogP contribution in [-0.2, 0) is 13.1 Å². The predicted molar refractivity (Wildman–Crippen MR) is 120 cm³/mol. The topological polar surface area (TPSA) is 38.1 Å². The number of imidazole rings is 1. The first-order chi connectivity index (χ1) is 15.0. The van der Waals surface area contributed by atoms with E-state index in [1.54, 1.807) is 12.1 Å². The second-order valence-corrected chi connectivity index (χ2v) is 8.63. The van der Waals surface area contributed by atoms with Crippen molar-refractivity contribution in [3.63, 3.8) is 0 Å². The monoisotopic (exact) mass is 419 g/mol. The quantitative estimate of drug-likeness (QED) is 0.517. The Hall–Kier alpha value is -2.95. The van der Waals surface area contributed by atoms with Gasteiger partial charge < -0.3 is 9.47 Å². The molecule has 1 aliphatic carbocycles. The molecule has 1 aromatic heterocycles. The Kier molecular flexibility index (Phi) is 6.50. The van der Waals surface area contributed by atoms with Crippen LogP contribution in [-0.4, -0.2) is 26.4 Å². The van der Waals surface area contributed by atoms with Gasteiger partial charge in [0.15, 0.2) is 0 Å². The fraction of sp³-hybridized carbons (Fsp3) is 0.385. The van der Waals surface area contributed by atoms with Crippen LogP contribution in [0.2, 0.25) is 0 Å². The highest BCUT2D eigenvalue weighted by molar-refractivity contribution is 5.94. The summed E-state index contributed by atoms with van der Waals surface area (Å²) in [6, 6.07) is 12.5. The first kappa shape index (κ1) is 21.3. The van der Waals surface area contributed by atoms with Crippen molar-refractivity contribution in [1.82, 2.24) is 14.5 Å². The van der Waals surface area contributed by atoms with E-state index in [-0.39, 0.29) is 17.8 Å². The molecule has 0 spiro atoms. The van der Waals surface area contributed by atoms with Crippen LogP contribution in [0.5, 0.6) is 0 Å². The molecule has 1 saturated carbocycles. The SMILES string of the molecule is Cc1ccc(C)c(Cn2ccnc2CN(C(=O)c2ccc(F)cc2)C2CCCCC2)c1. The molecule has 1 heterocycles. The van der Waals surface area contributed by atoms with E-state index in [1.165, 1.54) is 35.2 Å². The van der Waals surface area contributed by atoms with Crippen LogP contribution in [0.15, 0.2) is 54.9 Å². The van der Waals surface area contributed by atoms with Gasteiger partial charge in [-0.2, -0.15) is 0 Å². The van der Waals surface area contributed by atoms with Crippen LogP contribution in [0.3, 0.4) is 0 Å². The highest BCUT2D eigenvalue weighted by Crippen LogP contribution is 2.26. The molecule has 1 aliphatic rings. The van der Waals surface area contributed by atoms with Gasteiger partial charge in [0.2, 0.25) is 0 Å². The van der Waals surface area contributed by atoms with Gasteiger partial charge in [-0.05, 0) is 62.1 Å². The maximum Gasteiger partial charge on any atom is 0.254 e. The predicted octanol–water partition coefficient (Wildman–Crippen LogP) is 5.66. The van der Waals surface area contributed by atoms with Gasteiger partial charge in [-0.25, -0.2) is 9.37 Å². The van der Waals surface area contributed by atoms with Gasteiger partial charge in [-0.1, -0.05) is 43.0 Å². The van der Waals surface area contributed by atoms with Gasteiger partial charge >= 0.3 is 0 Å². The molecule has 1 fully saturated rings. The number of rotatable bonds is 6. The number of aromatic nitrogens is 2. The van der Waals surface area contributed by atoms with Crippen molar-refractivity contribution < 1.29 is 9.18 Å². The summed E-state index contributed by atoms with van der Waals surface area (Å²) in [5.41, 5.74) is 4.27. The highest BCUT2D eigenvalue weighted by Gasteiger charge is 2.27. The molecule has 0 aliphatic heterocycles. The Morgan fingerprint density at radius 2 is 1.84 bits per heavy atom. The summed E-state index contributed by atoms with van der Waals surface area (Å²) >= 11 is 0. The lowest BCUT2D eigenvalue weighted by Crippen LogP contribution is -2.41. The van der Waals surface area contributed by atoms with E-state index in [4.69, 9.17) is 0 Å². The Morgan fingerprint density at radius 1 is 1.10 bits per heavy atom. The molecule has 0 atom stereocenters. The van der Waals surface area contributed by atoms with Crippen molar-refractivity contribution in [1.29, 1.82) is 0 Å². The Bertz CT molecular complexity index is 1040. The van der Waals surface area contributed by atoms with Crippen molar-refractivity contribution in [2.45, 2.75) is 65.1 Å². The van der Waals surface area contributed by atoms with Crippen LogP contribution in [0.1, 0.15) is 65.0 Å². The Morgan fingerprint density at radius 3 is 2.58 bits per heavy atom. The molecule has 4 rings (SSSR count). The smallest absolute Gasteiger partial charge is 0.254 e. The van der Waals surface area contributed by atoms with Gasteiger partial charge in [0.05, 0.1) is 6.54 Å². The van der Waals surface area contributed by atoms with E-state index in [9.17, 15) is 9.18 Å². The van der Waals surface area contributed by atoms with E-state index in [0.29, 0.717) is 12.1 Å². The fourth-order valence-corrected chi connectivity index (χ4v) is 4.46. The third kappa shape index (κ3) is 5.04. The van der Waals surface area contributed by atoms with Crippen molar-refractivity contribution in [2.75, 3.05) is 0 Å². The van der Waals surface area contributed by atoms with Crippen LogP contribution in [0, 0.1) is 19.7 Å². The Balaban J connectivity index is 1.60. The summed E-state index contributed by atoms with van der Waals surface area (Å²) in [6.07, 6.45) is 9.29. The average Bonchev–Trinajstić information content (AvgIpc) is 3.22. The zero-order valence-corrected chi connectivity index (χ0v) is 18.4. The van der Waals surface area contributed by atoms with Crippen molar-refractivity contribution in [3.8, 4) is 0 Å². The summed E-state index contributed by atoms with van der Waals surface area (Å²) < 4.78 is 15.5. The summed E-state index contributed by atoms with van der Waals surface area (Å²) in [5, 5.41) is 0. The molecule has 0 radical (unpaired) electrons. The lowest BCUT2D eigenvalue weighted by Gasteiger charge is -2.34. The van der Waals surface area contributed by atoms with Gasteiger partial charge in [-0.3, -0.25) is 4.79 Å². The lowest BCUT2D eigenvalue weighted by atomic mass is 9.93. The molecule has 0 bridgehead atoms. The molecule has 1 amide bonds. The van der Waals surface area contributed by atoms with Crippen LogP contribution >= 0.6 is 0 Å². The Labute approximate surface area is 183 Å². The first-order valence-corrected chi connectivity index (χ1v) is 11.1. The molecular weight excluding hydrogens is 389 g/mol. The zero-order chi connectivity index (χ0) is 21.8. The summed E-state index contributed by atoms with van der Waals surface area (Å²) in [5.74, 6) is 0.500. The number of nitrogens with zero attached hydrogens (tertiary/aromatic N) is 3. The number of carbonyl (C=O) groups excluding carboxylic acids is 1. The second kappa shape index (κ2) is 9.46. The number of benzene rings is 2. The maximum absolute atomic E-state index is 13.4. The third-order valence-corrected chi connectivity index (χ3v) is 6.33. The van der Waals surface area contributed by atoms with Gasteiger partial charge in [0, 0.05) is 30.5 Å². The standard InChI is InChI=1S/C26H30FN3O/c1-19-8-9-20(2)22(16-19)17-29-15-14-28-25(29)18-30(24-6-4-3-5-7-24)26(31)21-10-12-23(27)13-11-21/h8-16,24H,3-7,17-18H2,1-2H3.